The highest BCUT2D eigenvalue weighted by atomic mass is 16.3. The van der Waals surface area contributed by atoms with Gasteiger partial charge in [-0.2, -0.15) is 0 Å². The molecule has 21 heavy (non-hydrogen) atoms. The summed E-state index contributed by atoms with van der Waals surface area (Å²) >= 11 is 0. The normalized spacial score (nSPS) is 18.4. The standard InChI is InChI=1S/C17H26N2O2/c1-2-17(9-3-4-10-17)12-19-16(21)15(18)11-13-5-7-14(20)8-6-13/h5-8,15,20H,2-4,9-12,18H2,1H3,(H,19,21). The molecule has 0 spiro atoms. The number of hydrogen-bond acceptors (Lipinski definition) is 3. The second-order valence-corrected chi connectivity index (χ2v) is 6.26. The van der Waals surface area contributed by atoms with Crippen LogP contribution >= 0.6 is 0 Å². The summed E-state index contributed by atoms with van der Waals surface area (Å²) in [7, 11) is 0. The predicted octanol–water partition coefficient (Wildman–Crippen LogP) is 2.35. The van der Waals surface area contributed by atoms with Gasteiger partial charge >= 0.3 is 0 Å². The summed E-state index contributed by atoms with van der Waals surface area (Å²) in [5.41, 5.74) is 7.23. The van der Waals surface area contributed by atoms with Gasteiger partial charge in [0.25, 0.3) is 0 Å². The van der Waals surface area contributed by atoms with E-state index in [2.05, 4.69) is 12.2 Å². The lowest BCUT2D eigenvalue weighted by Crippen LogP contribution is -2.45. The minimum absolute atomic E-state index is 0.0807. The van der Waals surface area contributed by atoms with E-state index in [0.29, 0.717) is 6.42 Å². The van der Waals surface area contributed by atoms with Crippen LogP contribution in [0.2, 0.25) is 0 Å². The summed E-state index contributed by atoms with van der Waals surface area (Å²) in [5.74, 6) is 0.144. The van der Waals surface area contributed by atoms with Crippen LogP contribution in [0.1, 0.15) is 44.6 Å². The molecule has 1 aromatic rings. The molecule has 1 saturated carbocycles. The summed E-state index contributed by atoms with van der Waals surface area (Å²) in [5, 5.41) is 12.3. The Hall–Kier alpha value is -1.55. The number of phenolic OH excluding ortho intramolecular Hbond substituents is 1. The average molecular weight is 290 g/mol. The fraction of sp³-hybridized carbons (Fsp3) is 0.588. The highest BCUT2D eigenvalue weighted by Crippen LogP contribution is 2.40. The van der Waals surface area contributed by atoms with E-state index in [1.165, 1.54) is 25.7 Å². The molecule has 1 amide bonds. The Morgan fingerprint density at radius 3 is 2.52 bits per heavy atom. The van der Waals surface area contributed by atoms with Crippen molar-refractivity contribution in [1.29, 1.82) is 0 Å². The first kappa shape index (κ1) is 15.8. The van der Waals surface area contributed by atoms with Gasteiger partial charge in [0, 0.05) is 6.54 Å². The molecule has 0 aliphatic heterocycles. The Kier molecular flexibility index (Phi) is 5.23. The Balaban J connectivity index is 1.83. The lowest BCUT2D eigenvalue weighted by molar-refractivity contribution is -0.122. The van der Waals surface area contributed by atoms with Crippen molar-refractivity contribution in [1.82, 2.24) is 5.32 Å². The number of benzene rings is 1. The molecule has 116 valence electrons. The lowest BCUT2D eigenvalue weighted by atomic mass is 9.83. The number of aromatic hydroxyl groups is 1. The first-order chi connectivity index (χ1) is 10.0. The maximum Gasteiger partial charge on any atom is 0.237 e. The van der Waals surface area contributed by atoms with Gasteiger partial charge in [-0.3, -0.25) is 4.79 Å². The van der Waals surface area contributed by atoms with Crippen molar-refractivity contribution in [2.75, 3.05) is 6.54 Å². The first-order valence-electron chi connectivity index (χ1n) is 7.86. The van der Waals surface area contributed by atoms with Crippen LogP contribution in [0.4, 0.5) is 0 Å². The molecule has 1 unspecified atom stereocenters. The minimum atomic E-state index is -0.537. The van der Waals surface area contributed by atoms with Crippen LogP contribution in [0.15, 0.2) is 24.3 Å². The third-order valence-electron chi connectivity index (χ3n) is 4.78. The summed E-state index contributed by atoms with van der Waals surface area (Å²) in [6.07, 6.45) is 6.55. The predicted molar refractivity (Wildman–Crippen MR) is 84.0 cm³/mol. The summed E-state index contributed by atoms with van der Waals surface area (Å²) in [6.45, 7) is 2.94. The fourth-order valence-electron chi connectivity index (χ4n) is 3.16. The van der Waals surface area contributed by atoms with E-state index >= 15 is 0 Å². The van der Waals surface area contributed by atoms with Gasteiger partial charge in [0.05, 0.1) is 6.04 Å². The van der Waals surface area contributed by atoms with Gasteiger partial charge in [-0.05, 0) is 48.8 Å². The molecule has 1 aliphatic carbocycles. The number of carbonyl (C=O) groups excluding carboxylic acids is 1. The zero-order valence-corrected chi connectivity index (χ0v) is 12.8. The molecule has 1 aromatic carbocycles. The van der Waals surface area contributed by atoms with E-state index < -0.39 is 6.04 Å². The van der Waals surface area contributed by atoms with Crippen molar-refractivity contribution in [3.05, 3.63) is 29.8 Å². The van der Waals surface area contributed by atoms with Crippen molar-refractivity contribution >= 4 is 5.91 Å². The smallest absolute Gasteiger partial charge is 0.237 e. The second kappa shape index (κ2) is 6.94. The molecule has 0 radical (unpaired) electrons. The molecule has 2 rings (SSSR count). The largest absolute Gasteiger partial charge is 0.508 e. The van der Waals surface area contributed by atoms with E-state index in [4.69, 9.17) is 5.73 Å². The molecule has 0 bridgehead atoms. The summed E-state index contributed by atoms with van der Waals surface area (Å²) in [4.78, 5) is 12.1. The van der Waals surface area contributed by atoms with Gasteiger partial charge in [0.15, 0.2) is 0 Å². The number of amides is 1. The molecular weight excluding hydrogens is 264 g/mol. The molecule has 1 fully saturated rings. The Morgan fingerprint density at radius 2 is 1.95 bits per heavy atom. The van der Waals surface area contributed by atoms with Crippen LogP contribution in [0.25, 0.3) is 0 Å². The van der Waals surface area contributed by atoms with Gasteiger partial charge < -0.3 is 16.2 Å². The van der Waals surface area contributed by atoms with E-state index in [0.717, 1.165) is 18.5 Å². The van der Waals surface area contributed by atoms with Crippen molar-refractivity contribution in [3.8, 4) is 5.75 Å². The topological polar surface area (TPSA) is 75.4 Å². The van der Waals surface area contributed by atoms with E-state index in [-0.39, 0.29) is 17.1 Å². The van der Waals surface area contributed by atoms with Gasteiger partial charge in [0.2, 0.25) is 5.91 Å². The quantitative estimate of drug-likeness (QED) is 0.753. The maximum absolute atomic E-state index is 12.1. The highest BCUT2D eigenvalue weighted by molar-refractivity contribution is 5.81. The monoisotopic (exact) mass is 290 g/mol. The van der Waals surface area contributed by atoms with Crippen molar-refractivity contribution < 1.29 is 9.90 Å². The second-order valence-electron chi connectivity index (χ2n) is 6.26. The van der Waals surface area contributed by atoms with E-state index in [9.17, 15) is 9.90 Å². The zero-order valence-electron chi connectivity index (χ0n) is 12.8. The van der Waals surface area contributed by atoms with E-state index in [1.807, 2.05) is 0 Å². The molecule has 1 atom stereocenters. The van der Waals surface area contributed by atoms with Crippen LogP contribution in [0, 0.1) is 5.41 Å². The van der Waals surface area contributed by atoms with Crippen molar-refractivity contribution in [2.24, 2.45) is 11.1 Å². The maximum atomic E-state index is 12.1. The number of nitrogens with two attached hydrogens (primary N) is 1. The fourth-order valence-corrected chi connectivity index (χ4v) is 3.16. The molecule has 0 aromatic heterocycles. The number of carbonyl (C=O) groups is 1. The molecule has 1 aliphatic rings. The molecule has 0 heterocycles. The van der Waals surface area contributed by atoms with E-state index in [1.54, 1.807) is 24.3 Å². The Morgan fingerprint density at radius 1 is 1.33 bits per heavy atom. The summed E-state index contributed by atoms with van der Waals surface area (Å²) in [6, 6.07) is 6.29. The molecular formula is C17H26N2O2. The van der Waals surface area contributed by atoms with Crippen LogP contribution in [0.3, 0.4) is 0 Å². The Labute approximate surface area is 126 Å². The minimum Gasteiger partial charge on any atom is -0.508 e. The number of hydrogen-bond donors (Lipinski definition) is 3. The molecule has 0 saturated heterocycles. The van der Waals surface area contributed by atoms with Crippen LogP contribution < -0.4 is 11.1 Å². The number of phenols is 1. The molecule has 4 N–H and O–H groups in total. The third kappa shape index (κ3) is 4.21. The van der Waals surface area contributed by atoms with Crippen molar-refractivity contribution in [3.63, 3.8) is 0 Å². The van der Waals surface area contributed by atoms with Gasteiger partial charge in [-0.15, -0.1) is 0 Å². The Bertz CT molecular complexity index is 464. The molecule has 4 nitrogen and oxygen atoms in total. The highest BCUT2D eigenvalue weighted by Gasteiger charge is 2.32. The molecule has 4 heteroatoms. The van der Waals surface area contributed by atoms with Gasteiger partial charge in [0.1, 0.15) is 5.75 Å². The number of nitrogens with one attached hydrogen (secondary N) is 1. The van der Waals surface area contributed by atoms with Crippen molar-refractivity contribution in [2.45, 2.75) is 51.5 Å². The lowest BCUT2D eigenvalue weighted by Gasteiger charge is -2.28. The van der Waals surface area contributed by atoms with Crippen LogP contribution in [-0.4, -0.2) is 23.6 Å². The zero-order chi connectivity index (χ0) is 15.3. The summed E-state index contributed by atoms with van der Waals surface area (Å²) < 4.78 is 0. The third-order valence-corrected chi connectivity index (χ3v) is 4.78. The van der Waals surface area contributed by atoms with Gasteiger partial charge in [-0.1, -0.05) is 31.9 Å². The average Bonchev–Trinajstić information content (AvgIpc) is 2.96. The van der Waals surface area contributed by atoms with Crippen LogP contribution in [0.5, 0.6) is 5.75 Å². The SMILES string of the molecule is CCC1(CNC(=O)C(N)Cc2ccc(O)cc2)CCCC1. The number of rotatable bonds is 6. The first-order valence-corrected chi connectivity index (χ1v) is 7.86. The van der Waals surface area contributed by atoms with Gasteiger partial charge in [-0.25, -0.2) is 0 Å². The van der Waals surface area contributed by atoms with Crippen LogP contribution in [-0.2, 0) is 11.2 Å².